The molecule has 1 fully saturated rings. The van der Waals surface area contributed by atoms with E-state index in [9.17, 15) is 0 Å². The highest BCUT2D eigenvalue weighted by Gasteiger charge is 2.19. The molecule has 0 unspecified atom stereocenters. The Morgan fingerprint density at radius 3 is 2.74 bits per heavy atom. The van der Waals surface area contributed by atoms with Gasteiger partial charge in [-0.1, -0.05) is 24.6 Å². The molecule has 1 aromatic carbocycles. The Bertz CT molecular complexity index is 658. The molecule has 0 aliphatic carbocycles. The van der Waals surface area contributed by atoms with Crippen molar-refractivity contribution in [3.63, 3.8) is 0 Å². The minimum Gasteiger partial charge on any atom is -0.424 e. The van der Waals surface area contributed by atoms with Crippen LogP contribution in [0.3, 0.4) is 0 Å². The zero-order valence-corrected chi connectivity index (χ0v) is 14.5. The summed E-state index contributed by atoms with van der Waals surface area (Å²) in [6.45, 7) is 8.89. The van der Waals surface area contributed by atoms with E-state index in [1.165, 1.54) is 5.69 Å². The number of halogens is 1. The first kappa shape index (κ1) is 16.3. The molecular formula is C17H23ClN4O. The smallest absolute Gasteiger partial charge is 0.230 e. The van der Waals surface area contributed by atoms with Crippen molar-refractivity contribution in [2.45, 2.75) is 33.2 Å². The number of hydrogen-bond acceptors (Lipinski definition) is 5. The summed E-state index contributed by atoms with van der Waals surface area (Å²) in [5.41, 5.74) is 2.40. The highest BCUT2D eigenvalue weighted by atomic mass is 35.5. The first-order valence-corrected chi connectivity index (χ1v) is 8.59. The Morgan fingerprint density at radius 2 is 1.96 bits per heavy atom. The lowest BCUT2D eigenvalue weighted by atomic mass is 10.1. The van der Waals surface area contributed by atoms with Gasteiger partial charge in [0.05, 0.1) is 6.54 Å². The van der Waals surface area contributed by atoms with Gasteiger partial charge in [-0.2, -0.15) is 0 Å². The normalized spacial score (nSPS) is 16.6. The van der Waals surface area contributed by atoms with Gasteiger partial charge in [-0.15, -0.1) is 10.2 Å². The van der Waals surface area contributed by atoms with Crippen molar-refractivity contribution < 1.29 is 4.42 Å². The lowest BCUT2D eigenvalue weighted by molar-refractivity contribution is 0.252. The number of anilines is 1. The maximum atomic E-state index is 6.26. The van der Waals surface area contributed by atoms with E-state index < -0.39 is 0 Å². The number of rotatable bonds is 4. The quantitative estimate of drug-likeness (QED) is 0.858. The van der Waals surface area contributed by atoms with Crippen LogP contribution in [0.25, 0.3) is 0 Å². The molecule has 0 saturated carbocycles. The number of benzene rings is 1. The number of nitrogens with zero attached hydrogens (tertiary/aromatic N) is 4. The Morgan fingerprint density at radius 1 is 1.13 bits per heavy atom. The first-order valence-electron chi connectivity index (χ1n) is 8.21. The summed E-state index contributed by atoms with van der Waals surface area (Å²) in [6, 6.07) is 6.13. The van der Waals surface area contributed by atoms with E-state index in [0.717, 1.165) is 56.2 Å². The van der Waals surface area contributed by atoms with E-state index in [1.807, 2.05) is 19.1 Å². The predicted octanol–water partition coefficient (Wildman–Crippen LogP) is 3.31. The highest BCUT2D eigenvalue weighted by Crippen LogP contribution is 2.27. The molecule has 23 heavy (non-hydrogen) atoms. The first-order chi connectivity index (χ1) is 11.2. The fourth-order valence-corrected chi connectivity index (χ4v) is 3.16. The van der Waals surface area contributed by atoms with Gasteiger partial charge < -0.3 is 9.32 Å². The van der Waals surface area contributed by atoms with Crippen molar-refractivity contribution in [3.8, 4) is 0 Å². The van der Waals surface area contributed by atoms with Gasteiger partial charge in [0.2, 0.25) is 11.8 Å². The Balaban J connectivity index is 1.64. The summed E-state index contributed by atoms with van der Waals surface area (Å²) in [4.78, 5) is 4.80. The highest BCUT2D eigenvalue weighted by molar-refractivity contribution is 6.31. The van der Waals surface area contributed by atoms with Gasteiger partial charge in [0, 0.05) is 43.3 Å². The zero-order chi connectivity index (χ0) is 16.2. The lowest BCUT2D eigenvalue weighted by Crippen LogP contribution is -2.31. The van der Waals surface area contributed by atoms with Crippen molar-refractivity contribution in [3.05, 3.63) is 40.6 Å². The van der Waals surface area contributed by atoms with Crippen LogP contribution in [0.1, 0.15) is 30.7 Å². The molecular weight excluding hydrogens is 312 g/mol. The molecule has 2 aromatic rings. The molecule has 3 rings (SSSR count). The van der Waals surface area contributed by atoms with Gasteiger partial charge in [0.25, 0.3) is 0 Å². The molecule has 0 bridgehead atoms. The Hall–Kier alpha value is -1.59. The van der Waals surface area contributed by atoms with Crippen LogP contribution in [0.5, 0.6) is 0 Å². The van der Waals surface area contributed by atoms with Gasteiger partial charge in [0.15, 0.2) is 0 Å². The molecule has 0 spiro atoms. The molecule has 6 heteroatoms. The molecule has 1 aliphatic rings. The van der Waals surface area contributed by atoms with Crippen molar-refractivity contribution in [1.82, 2.24) is 15.1 Å². The maximum Gasteiger partial charge on any atom is 0.230 e. The maximum absolute atomic E-state index is 6.26. The molecule has 1 saturated heterocycles. The number of hydrogen-bond donors (Lipinski definition) is 0. The van der Waals surface area contributed by atoms with E-state index in [-0.39, 0.29) is 0 Å². The molecule has 0 amide bonds. The second-order valence-electron chi connectivity index (χ2n) is 5.94. The number of aromatic nitrogens is 2. The van der Waals surface area contributed by atoms with Gasteiger partial charge in [-0.25, -0.2) is 0 Å². The lowest BCUT2D eigenvalue weighted by Gasteiger charge is -2.25. The summed E-state index contributed by atoms with van der Waals surface area (Å²) in [6.07, 6.45) is 1.90. The fraction of sp³-hybridized carbons (Fsp3) is 0.529. The van der Waals surface area contributed by atoms with Crippen LogP contribution in [0, 0.1) is 6.92 Å². The third-order valence-electron chi connectivity index (χ3n) is 4.34. The summed E-state index contributed by atoms with van der Waals surface area (Å²) in [7, 11) is 0. The molecule has 2 heterocycles. The van der Waals surface area contributed by atoms with Crippen molar-refractivity contribution >= 4 is 17.3 Å². The molecule has 5 nitrogen and oxygen atoms in total. The summed E-state index contributed by atoms with van der Waals surface area (Å²) in [5.74, 6) is 1.43. The van der Waals surface area contributed by atoms with E-state index in [4.69, 9.17) is 16.0 Å². The van der Waals surface area contributed by atoms with Crippen LogP contribution < -0.4 is 4.90 Å². The van der Waals surface area contributed by atoms with E-state index >= 15 is 0 Å². The Labute approximate surface area is 142 Å². The van der Waals surface area contributed by atoms with Crippen LogP contribution in [-0.4, -0.2) is 41.3 Å². The summed E-state index contributed by atoms with van der Waals surface area (Å²) < 4.78 is 5.63. The average Bonchev–Trinajstić information content (AvgIpc) is 2.88. The predicted molar refractivity (Wildman–Crippen MR) is 92.0 cm³/mol. The molecule has 1 aromatic heterocycles. The third kappa shape index (κ3) is 3.85. The molecule has 0 atom stereocenters. The second-order valence-corrected chi connectivity index (χ2v) is 6.35. The standard InChI is InChI=1S/C17H23ClN4O/c1-3-16-19-20-17(23-16)12-21-8-5-9-22(11-10-21)15-7-4-6-14(18)13(15)2/h4,6-7H,3,5,8-12H2,1-2H3. The van der Waals surface area contributed by atoms with Crippen LogP contribution in [0.4, 0.5) is 5.69 Å². The molecule has 1 aliphatic heterocycles. The number of aryl methyl sites for hydroxylation is 1. The van der Waals surface area contributed by atoms with Crippen LogP contribution >= 0.6 is 11.6 Å². The molecule has 0 N–H and O–H groups in total. The van der Waals surface area contributed by atoms with Gasteiger partial charge >= 0.3 is 0 Å². The largest absolute Gasteiger partial charge is 0.424 e. The minimum absolute atomic E-state index is 0.714. The second kappa shape index (κ2) is 7.32. The van der Waals surface area contributed by atoms with E-state index in [0.29, 0.717) is 11.8 Å². The van der Waals surface area contributed by atoms with Gasteiger partial charge in [-0.05, 0) is 31.0 Å². The van der Waals surface area contributed by atoms with E-state index in [2.05, 4.69) is 33.0 Å². The SMILES string of the molecule is CCc1nnc(CN2CCCN(c3cccc(Cl)c3C)CC2)o1. The van der Waals surface area contributed by atoms with Crippen molar-refractivity contribution in [2.75, 3.05) is 31.1 Å². The van der Waals surface area contributed by atoms with Gasteiger partial charge in [0.1, 0.15) is 0 Å². The minimum atomic E-state index is 0.714. The summed E-state index contributed by atoms with van der Waals surface area (Å²) in [5, 5.41) is 9.00. The molecule has 124 valence electrons. The third-order valence-corrected chi connectivity index (χ3v) is 4.75. The average molecular weight is 335 g/mol. The molecule has 0 radical (unpaired) electrons. The van der Waals surface area contributed by atoms with E-state index in [1.54, 1.807) is 0 Å². The zero-order valence-electron chi connectivity index (χ0n) is 13.8. The topological polar surface area (TPSA) is 45.4 Å². The van der Waals surface area contributed by atoms with Gasteiger partial charge in [-0.3, -0.25) is 4.90 Å². The van der Waals surface area contributed by atoms with Crippen molar-refractivity contribution in [2.24, 2.45) is 0 Å². The van der Waals surface area contributed by atoms with Crippen LogP contribution in [-0.2, 0) is 13.0 Å². The Kier molecular flexibility index (Phi) is 5.18. The van der Waals surface area contributed by atoms with Crippen molar-refractivity contribution in [1.29, 1.82) is 0 Å². The summed E-state index contributed by atoms with van der Waals surface area (Å²) >= 11 is 6.26. The fourth-order valence-electron chi connectivity index (χ4n) is 3.00. The monoisotopic (exact) mass is 334 g/mol. The van der Waals surface area contributed by atoms with Crippen LogP contribution in [0.2, 0.25) is 5.02 Å². The van der Waals surface area contributed by atoms with Crippen LogP contribution in [0.15, 0.2) is 22.6 Å².